The Kier molecular flexibility index (Phi) is 1.13. The lowest BCUT2D eigenvalue weighted by molar-refractivity contribution is 0.950. The summed E-state index contributed by atoms with van der Waals surface area (Å²) in [5, 5.41) is 12.5. The highest BCUT2D eigenvalue weighted by Crippen LogP contribution is 2.03. The van der Waals surface area contributed by atoms with E-state index < -0.39 is 0 Å². The molecule has 0 spiro atoms. The van der Waals surface area contributed by atoms with Crippen LogP contribution in [0.2, 0.25) is 0 Å². The SMILES string of the molecule is N#Cc1cc2ccccn2n1. The van der Waals surface area contributed by atoms with Crippen molar-refractivity contribution in [3.05, 3.63) is 36.2 Å². The fraction of sp³-hybridized carbons (Fsp3) is 0. The first-order chi connectivity index (χ1) is 5.40. The predicted octanol–water partition coefficient (Wildman–Crippen LogP) is 1.21. The molecule has 0 fully saturated rings. The monoisotopic (exact) mass is 143 g/mol. The number of fused-ring (bicyclic) bond motifs is 1. The zero-order chi connectivity index (χ0) is 7.68. The Morgan fingerprint density at radius 3 is 3.09 bits per heavy atom. The minimum absolute atomic E-state index is 0.455. The maximum Gasteiger partial charge on any atom is 0.163 e. The van der Waals surface area contributed by atoms with Crippen molar-refractivity contribution in [3.63, 3.8) is 0 Å². The van der Waals surface area contributed by atoms with Gasteiger partial charge in [-0.05, 0) is 12.1 Å². The summed E-state index contributed by atoms with van der Waals surface area (Å²) in [5.74, 6) is 0. The van der Waals surface area contributed by atoms with Crippen LogP contribution >= 0.6 is 0 Å². The highest BCUT2D eigenvalue weighted by Gasteiger charge is 1.96. The molecule has 0 unspecified atom stereocenters. The van der Waals surface area contributed by atoms with E-state index in [4.69, 9.17) is 5.26 Å². The van der Waals surface area contributed by atoms with Gasteiger partial charge in [0.05, 0.1) is 5.52 Å². The molecule has 2 rings (SSSR count). The van der Waals surface area contributed by atoms with Crippen LogP contribution in [0.5, 0.6) is 0 Å². The van der Waals surface area contributed by atoms with Crippen molar-refractivity contribution in [2.45, 2.75) is 0 Å². The molecular weight excluding hydrogens is 138 g/mol. The second-order valence-corrected chi connectivity index (χ2v) is 2.21. The van der Waals surface area contributed by atoms with Gasteiger partial charge in [0.15, 0.2) is 5.69 Å². The average molecular weight is 143 g/mol. The number of nitrogens with zero attached hydrogens (tertiary/aromatic N) is 3. The molecule has 0 radical (unpaired) electrons. The van der Waals surface area contributed by atoms with Crippen molar-refractivity contribution in [1.29, 1.82) is 5.26 Å². The van der Waals surface area contributed by atoms with Gasteiger partial charge in [-0.1, -0.05) is 6.07 Å². The maximum atomic E-state index is 8.51. The summed E-state index contributed by atoms with van der Waals surface area (Å²) in [6.07, 6.45) is 1.82. The largest absolute Gasteiger partial charge is 0.240 e. The van der Waals surface area contributed by atoms with Crippen LogP contribution in [0, 0.1) is 11.3 Å². The fourth-order valence-electron chi connectivity index (χ4n) is 0.993. The molecule has 2 heterocycles. The van der Waals surface area contributed by atoms with Crippen LogP contribution in [0.4, 0.5) is 0 Å². The Morgan fingerprint density at radius 1 is 1.45 bits per heavy atom. The first kappa shape index (κ1) is 5.93. The van der Waals surface area contributed by atoms with Crippen LogP contribution in [0.25, 0.3) is 5.52 Å². The maximum absolute atomic E-state index is 8.51. The second-order valence-electron chi connectivity index (χ2n) is 2.21. The van der Waals surface area contributed by atoms with Crippen LogP contribution < -0.4 is 0 Å². The molecule has 2 aromatic heterocycles. The lowest BCUT2D eigenvalue weighted by Gasteiger charge is -1.86. The standard InChI is InChI=1S/C8H5N3/c9-6-7-5-8-3-1-2-4-11(8)10-7/h1-5H. The third kappa shape index (κ3) is 0.849. The number of hydrogen-bond donors (Lipinski definition) is 0. The highest BCUT2D eigenvalue weighted by atomic mass is 15.2. The van der Waals surface area contributed by atoms with Crippen molar-refractivity contribution in [3.8, 4) is 6.07 Å². The van der Waals surface area contributed by atoms with Crippen LogP contribution in [-0.2, 0) is 0 Å². The molecule has 0 N–H and O–H groups in total. The van der Waals surface area contributed by atoms with Crippen molar-refractivity contribution in [2.24, 2.45) is 0 Å². The minimum Gasteiger partial charge on any atom is -0.240 e. The molecule has 0 saturated carbocycles. The normalized spacial score (nSPS) is 9.73. The predicted molar refractivity (Wildman–Crippen MR) is 39.9 cm³/mol. The van der Waals surface area contributed by atoms with E-state index in [2.05, 4.69) is 5.10 Å². The molecule has 0 bridgehead atoms. The highest BCUT2D eigenvalue weighted by molar-refractivity contribution is 5.49. The molecular formula is C8H5N3. The van der Waals surface area contributed by atoms with Gasteiger partial charge in [-0.2, -0.15) is 10.4 Å². The summed E-state index contributed by atoms with van der Waals surface area (Å²) in [7, 11) is 0. The Morgan fingerprint density at radius 2 is 2.36 bits per heavy atom. The van der Waals surface area contributed by atoms with Gasteiger partial charge in [-0.3, -0.25) is 0 Å². The fourth-order valence-corrected chi connectivity index (χ4v) is 0.993. The molecule has 0 aliphatic heterocycles. The Bertz CT molecular complexity index is 389. The lowest BCUT2D eigenvalue weighted by Crippen LogP contribution is -1.83. The second kappa shape index (κ2) is 2.10. The molecule has 0 aromatic carbocycles. The number of rotatable bonds is 0. The van der Waals surface area contributed by atoms with Gasteiger partial charge in [-0.15, -0.1) is 0 Å². The van der Waals surface area contributed by atoms with Gasteiger partial charge in [0.25, 0.3) is 0 Å². The number of pyridine rings is 1. The molecule has 3 heteroatoms. The quantitative estimate of drug-likeness (QED) is 0.556. The molecule has 11 heavy (non-hydrogen) atoms. The van der Waals surface area contributed by atoms with E-state index in [0.717, 1.165) is 5.52 Å². The molecule has 52 valence electrons. The molecule has 3 nitrogen and oxygen atoms in total. The van der Waals surface area contributed by atoms with Crippen LogP contribution in [0.1, 0.15) is 5.69 Å². The molecule has 0 aliphatic rings. The van der Waals surface area contributed by atoms with Crippen molar-refractivity contribution in [2.75, 3.05) is 0 Å². The van der Waals surface area contributed by atoms with Gasteiger partial charge < -0.3 is 0 Å². The Labute approximate surface area is 63.5 Å². The number of aromatic nitrogens is 2. The molecule has 0 atom stereocenters. The Hall–Kier alpha value is -1.82. The van der Waals surface area contributed by atoms with Gasteiger partial charge in [0.1, 0.15) is 6.07 Å². The van der Waals surface area contributed by atoms with E-state index >= 15 is 0 Å². The zero-order valence-electron chi connectivity index (χ0n) is 5.73. The summed E-state index contributed by atoms with van der Waals surface area (Å²) in [6, 6.07) is 9.44. The third-order valence-electron chi connectivity index (χ3n) is 1.48. The van der Waals surface area contributed by atoms with Crippen LogP contribution in [-0.4, -0.2) is 9.61 Å². The van der Waals surface area contributed by atoms with Crippen molar-refractivity contribution >= 4 is 5.52 Å². The zero-order valence-corrected chi connectivity index (χ0v) is 5.73. The molecule has 2 aromatic rings. The lowest BCUT2D eigenvalue weighted by atomic mass is 10.4. The summed E-state index contributed by atoms with van der Waals surface area (Å²) in [4.78, 5) is 0. The van der Waals surface area contributed by atoms with E-state index in [1.54, 1.807) is 10.6 Å². The minimum atomic E-state index is 0.455. The van der Waals surface area contributed by atoms with E-state index in [9.17, 15) is 0 Å². The first-order valence-electron chi connectivity index (χ1n) is 3.25. The first-order valence-corrected chi connectivity index (χ1v) is 3.25. The van der Waals surface area contributed by atoms with Crippen molar-refractivity contribution in [1.82, 2.24) is 9.61 Å². The van der Waals surface area contributed by atoms with E-state index in [-0.39, 0.29) is 0 Å². The smallest absolute Gasteiger partial charge is 0.163 e. The van der Waals surface area contributed by atoms with Gasteiger partial charge >= 0.3 is 0 Å². The topological polar surface area (TPSA) is 41.1 Å². The Balaban J connectivity index is 2.81. The third-order valence-corrected chi connectivity index (χ3v) is 1.48. The van der Waals surface area contributed by atoms with Gasteiger partial charge in [0.2, 0.25) is 0 Å². The van der Waals surface area contributed by atoms with E-state index in [0.29, 0.717) is 5.69 Å². The van der Waals surface area contributed by atoms with Crippen LogP contribution in [0.3, 0.4) is 0 Å². The number of hydrogen-bond acceptors (Lipinski definition) is 2. The molecule has 0 saturated heterocycles. The van der Waals surface area contributed by atoms with E-state index in [1.807, 2.05) is 30.5 Å². The van der Waals surface area contributed by atoms with Crippen LogP contribution in [0.15, 0.2) is 30.5 Å². The summed E-state index contributed by atoms with van der Waals surface area (Å²) >= 11 is 0. The van der Waals surface area contributed by atoms with Crippen molar-refractivity contribution < 1.29 is 0 Å². The van der Waals surface area contributed by atoms with E-state index in [1.165, 1.54) is 0 Å². The molecule has 0 aliphatic carbocycles. The summed E-state index contributed by atoms with van der Waals surface area (Å²) in [5.41, 5.74) is 1.40. The summed E-state index contributed by atoms with van der Waals surface area (Å²) < 4.78 is 1.68. The molecule has 0 amide bonds. The average Bonchev–Trinajstić information content (AvgIpc) is 2.46. The summed E-state index contributed by atoms with van der Waals surface area (Å²) in [6.45, 7) is 0. The van der Waals surface area contributed by atoms with Gasteiger partial charge in [0, 0.05) is 12.3 Å². The number of nitriles is 1. The van der Waals surface area contributed by atoms with Gasteiger partial charge in [-0.25, -0.2) is 4.52 Å².